The highest BCUT2D eigenvalue weighted by Gasteiger charge is 2.25. The summed E-state index contributed by atoms with van der Waals surface area (Å²) in [5.74, 6) is -4.90. The normalized spacial score (nSPS) is 11.4. The summed E-state index contributed by atoms with van der Waals surface area (Å²) in [5, 5.41) is 10.6. The summed E-state index contributed by atoms with van der Waals surface area (Å²) < 4.78 is 3.28. The van der Waals surface area contributed by atoms with Crippen LogP contribution in [0.3, 0.4) is 0 Å². The third-order valence-electron chi connectivity index (χ3n) is 10.2. The fourth-order valence-corrected chi connectivity index (χ4v) is 6.49. The highest BCUT2D eigenvalue weighted by molar-refractivity contribution is 5.90. The van der Waals surface area contributed by atoms with Gasteiger partial charge in [-0.25, -0.2) is 24.5 Å². The SMILES string of the molecule is CNCCN(CC(=O)NCCN(CC(=O)NCCN(CC(=O)NC(CCCCN)C(N)=O)C(=O)Cn1cnc2c(N)ncnc21)C(=O)Cn1ccc(=O)[nH]c1=O)C(=O)Cn1cc(C)c(=O)[nH]c1=O. The maximum absolute atomic E-state index is 13.7. The van der Waals surface area contributed by atoms with Gasteiger partial charge in [-0.1, -0.05) is 0 Å². The molecule has 0 saturated carbocycles. The molecular formula is C39H56N18O11. The number of primary amides is 1. The first-order valence-corrected chi connectivity index (χ1v) is 21.2. The number of hydrogen-bond donors (Lipinski definition) is 9. The van der Waals surface area contributed by atoms with Gasteiger partial charge in [0.05, 0.1) is 26.0 Å². The molecule has 0 aliphatic rings. The maximum Gasteiger partial charge on any atom is 0.328 e. The van der Waals surface area contributed by atoms with Crippen molar-refractivity contribution in [3.63, 3.8) is 0 Å². The Morgan fingerprint density at radius 1 is 0.735 bits per heavy atom. The van der Waals surface area contributed by atoms with E-state index >= 15 is 0 Å². The van der Waals surface area contributed by atoms with Crippen molar-refractivity contribution in [2.45, 2.75) is 51.9 Å². The third-order valence-corrected chi connectivity index (χ3v) is 10.2. The van der Waals surface area contributed by atoms with Crippen LogP contribution in [0, 0.1) is 6.92 Å². The Morgan fingerprint density at radius 2 is 1.29 bits per heavy atom. The van der Waals surface area contributed by atoms with Crippen LogP contribution in [-0.2, 0) is 53.2 Å². The van der Waals surface area contributed by atoms with Gasteiger partial charge < -0.3 is 57.7 Å². The minimum Gasteiger partial charge on any atom is -0.382 e. The molecule has 1 unspecified atom stereocenters. The Kier molecular flexibility index (Phi) is 19.8. The number of H-pyrrole nitrogens is 2. The first kappa shape index (κ1) is 52.5. The second-order valence-corrected chi connectivity index (χ2v) is 15.3. The summed E-state index contributed by atoms with van der Waals surface area (Å²) in [6, 6.07) is -0.0306. The molecule has 4 aromatic rings. The van der Waals surface area contributed by atoms with Gasteiger partial charge in [0.25, 0.3) is 11.1 Å². The van der Waals surface area contributed by atoms with Gasteiger partial charge in [0.2, 0.25) is 41.4 Å². The molecule has 7 amide bonds. The molecule has 0 radical (unpaired) electrons. The number of likely N-dealkylation sites (N-methyl/N-ethyl adjacent to an activating group) is 1. The van der Waals surface area contributed by atoms with E-state index in [9.17, 15) is 52.7 Å². The van der Waals surface area contributed by atoms with Gasteiger partial charge in [0, 0.05) is 63.3 Å². The van der Waals surface area contributed by atoms with Crippen LogP contribution in [0.4, 0.5) is 5.82 Å². The van der Waals surface area contributed by atoms with Crippen LogP contribution in [0.25, 0.3) is 11.2 Å². The second-order valence-electron chi connectivity index (χ2n) is 15.3. The predicted octanol–water partition coefficient (Wildman–Crippen LogP) is -7.15. The number of nitrogen functional groups attached to an aromatic ring is 1. The number of carbonyl (C=O) groups excluding carboxylic acids is 7. The molecule has 29 heteroatoms. The highest BCUT2D eigenvalue weighted by Crippen LogP contribution is 2.14. The summed E-state index contributed by atoms with van der Waals surface area (Å²) in [7, 11) is 1.63. The lowest BCUT2D eigenvalue weighted by Crippen LogP contribution is -2.51. The zero-order valence-electron chi connectivity index (χ0n) is 37.5. The van der Waals surface area contributed by atoms with Gasteiger partial charge in [-0.15, -0.1) is 0 Å². The Balaban J connectivity index is 1.45. The van der Waals surface area contributed by atoms with Crippen LogP contribution >= 0.6 is 0 Å². The van der Waals surface area contributed by atoms with Crippen molar-refractivity contribution >= 4 is 58.3 Å². The van der Waals surface area contributed by atoms with Crippen molar-refractivity contribution in [1.82, 2.24) is 74.6 Å². The fraction of sp³-hybridized carbons (Fsp3) is 0.487. The number of nitrogens with zero attached hydrogens (tertiary/aromatic N) is 9. The quantitative estimate of drug-likeness (QED) is 0.0251. The molecule has 0 spiro atoms. The molecule has 0 saturated heterocycles. The van der Waals surface area contributed by atoms with Crippen LogP contribution in [-0.4, -0.2) is 173 Å². The monoisotopic (exact) mass is 952 g/mol. The van der Waals surface area contributed by atoms with Crippen LogP contribution in [0.1, 0.15) is 24.8 Å². The minimum absolute atomic E-state index is 0.0554. The van der Waals surface area contributed by atoms with E-state index < -0.39 is 103 Å². The molecule has 4 heterocycles. The van der Waals surface area contributed by atoms with E-state index in [2.05, 4.69) is 41.2 Å². The number of fused-ring (bicyclic) bond motifs is 1. The van der Waals surface area contributed by atoms with E-state index in [4.69, 9.17) is 17.2 Å². The van der Waals surface area contributed by atoms with Crippen molar-refractivity contribution in [3.05, 3.63) is 78.4 Å². The van der Waals surface area contributed by atoms with Gasteiger partial charge in [0.15, 0.2) is 11.5 Å². The Labute approximate surface area is 385 Å². The molecule has 12 N–H and O–H groups in total. The van der Waals surface area contributed by atoms with Crippen molar-refractivity contribution in [1.29, 1.82) is 0 Å². The molecule has 0 aliphatic carbocycles. The topological polar surface area (TPSA) is 409 Å². The standard InChI is InChI=1S/C39H56N18O11/c1-24-15-56(39(68)51-37(24)66)20-31(63)52(12-8-43-2)16-27(59)44-9-13-53(30(62)19-55-11-6-26(58)50-38(55)67)17-28(60)45-10-14-54(18-29(61)49-25(35(42)65)5-3-4-7-40)32(64)21-57-23-48-33-34(41)46-22-47-36(33)57/h6,11,15,22-23,25,43H,3-5,7-10,12-14,16-21,40H2,1-2H3,(H2,42,65)(H,44,59)(H,45,60)(H,49,61)(H2,41,46,47)(H,50,58,67)(H,51,66,68). The maximum atomic E-state index is 13.7. The number of imidazole rings is 1. The lowest BCUT2D eigenvalue weighted by Gasteiger charge is -2.26. The number of anilines is 1. The molecule has 0 bridgehead atoms. The summed E-state index contributed by atoms with van der Waals surface area (Å²) in [4.78, 5) is 160. The molecule has 4 aromatic heterocycles. The lowest BCUT2D eigenvalue weighted by atomic mass is 10.1. The number of aromatic amines is 2. The first-order valence-electron chi connectivity index (χ1n) is 21.2. The minimum atomic E-state index is -1.05. The number of rotatable bonds is 27. The van der Waals surface area contributed by atoms with Crippen molar-refractivity contribution in [2.24, 2.45) is 11.5 Å². The number of amides is 7. The van der Waals surface area contributed by atoms with E-state index in [1.165, 1.54) is 35.2 Å². The molecule has 0 aliphatic heterocycles. The summed E-state index contributed by atoms with van der Waals surface area (Å²) >= 11 is 0. The zero-order valence-corrected chi connectivity index (χ0v) is 37.5. The Bertz CT molecular complexity index is 2690. The second kappa shape index (κ2) is 25.6. The van der Waals surface area contributed by atoms with Crippen molar-refractivity contribution < 1.29 is 33.6 Å². The van der Waals surface area contributed by atoms with E-state index in [0.717, 1.165) is 31.2 Å². The molecule has 368 valence electrons. The Morgan fingerprint density at radius 3 is 1.87 bits per heavy atom. The molecule has 68 heavy (non-hydrogen) atoms. The van der Waals surface area contributed by atoms with Crippen LogP contribution in [0.15, 0.2) is 50.3 Å². The van der Waals surface area contributed by atoms with Crippen LogP contribution in [0.2, 0.25) is 0 Å². The number of hydrogen-bond acceptors (Lipinski definition) is 17. The average Bonchev–Trinajstić information content (AvgIpc) is 3.70. The lowest BCUT2D eigenvalue weighted by molar-refractivity contribution is -0.138. The van der Waals surface area contributed by atoms with Crippen LogP contribution in [0.5, 0.6) is 0 Å². The number of aryl methyl sites for hydroxylation is 1. The third kappa shape index (κ3) is 15.8. The average molecular weight is 953 g/mol. The number of aromatic nitrogens is 8. The van der Waals surface area contributed by atoms with Crippen molar-refractivity contribution in [2.75, 3.05) is 78.2 Å². The van der Waals surface area contributed by atoms with Crippen molar-refractivity contribution in [3.8, 4) is 0 Å². The largest absolute Gasteiger partial charge is 0.382 e. The summed E-state index contributed by atoms with van der Waals surface area (Å²) in [5.41, 5.74) is 14.6. The molecule has 0 fully saturated rings. The summed E-state index contributed by atoms with van der Waals surface area (Å²) in [6.45, 7) is -2.06. The van der Waals surface area contributed by atoms with E-state index in [1.807, 2.05) is 4.98 Å². The summed E-state index contributed by atoms with van der Waals surface area (Å²) in [6.07, 6.45) is 6.07. The number of nitrogens with two attached hydrogens (primary N) is 3. The van der Waals surface area contributed by atoms with Gasteiger partial charge >= 0.3 is 11.4 Å². The van der Waals surface area contributed by atoms with Gasteiger partial charge in [0.1, 0.15) is 37.5 Å². The first-order chi connectivity index (χ1) is 32.4. The van der Waals surface area contributed by atoms with Gasteiger partial charge in [-0.3, -0.25) is 62.3 Å². The van der Waals surface area contributed by atoms with Crippen LogP contribution < -0.4 is 61.0 Å². The predicted molar refractivity (Wildman–Crippen MR) is 241 cm³/mol. The molecular weight excluding hydrogens is 897 g/mol. The number of carbonyl (C=O) groups is 7. The zero-order chi connectivity index (χ0) is 49.9. The molecule has 0 aromatic carbocycles. The smallest absolute Gasteiger partial charge is 0.328 e. The van der Waals surface area contributed by atoms with E-state index in [1.54, 1.807) is 7.05 Å². The molecule has 1 atom stereocenters. The van der Waals surface area contributed by atoms with E-state index in [-0.39, 0.29) is 74.8 Å². The highest BCUT2D eigenvalue weighted by atomic mass is 16.2. The Hall–Kier alpha value is -8.08. The number of nitrogens with one attached hydrogen (secondary N) is 6. The van der Waals surface area contributed by atoms with Gasteiger partial charge in [-0.05, 0) is 39.8 Å². The molecule has 4 rings (SSSR count). The van der Waals surface area contributed by atoms with Gasteiger partial charge in [-0.2, -0.15) is 0 Å². The molecule has 29 nitrogen and oxygen atoms in total. The number of unbranched alkanes of at least 4 members (excludes halogenated alkanes) is 1. The van der Waals surface area contributed by atoms with E-state index in [0.29, 0.717) is 19.4 Å². The fourth-order valence-electron chi connectivity index (χ4n) is 6.49.